The quantitative estimate of drug-likeness (QED) is 0.103. The van der Waals surface area contributed by atoms with Crippen LogP contribution in [-0.4, -0.2) is 85.7 Å². The van der Waals surface area contributed by atoms with E-state index in [2.05, 4.69) is 51.0 Å². The van der Waals surface area contributed by atoms with E-state index in [0.29, 0.717) is 74.0 Å². The van der Waals surface area contributed by atoms with Crippen LogP contribution >= 0.6 is 0 Å². The Morgan fingerprint density at radius 2 is 1.03 bits per heavy atom. The number of imidazole rings is 2. The fourth-order valence-electron chi connectivity index (χ4n) is 7.69. The molecular weight excluding hydrogens is 770 g/mol. The summed E-state index contributed by atoms with van der Waals surface area (Å²) in [5.74, 6) is 0.591. The Labute approximate surface area is 327 Å². The monoisotopic (exact) mass is 812 g/mol. The van der Waals surface area contributed by atoms with Crippen molar-refractivity contribution < 1.29 is 35.9 Å². The number of nitrogens with zero attached hydrogens (tertiary/aromatic N) is 8. The molecule has 2 aliphatic carbocycles. The van der Waals surface area contributed by atoms with E-state index in [0.717, 1.165) is 10.8 Å². The van der Waals surface area contributed by atoms with Gasteiger partial charge in [0.1, 0.15) is 24.3 Å². The number of halogens is 6. The second-order valence-electron chi connectivity index (χ2n) is 15.0. The van der Waals surface area contributed by atoms with E-state index in [4.69, 9.17) is 0 Å². The molecule has 0 saturated heterocycles. The summed E-state index contributed by atoms with van der Waals surface area (Å²) >= 11 is 0. The van der Waals surface area contributed by atoms with E-state index in [9.17, 15) is 35.9 Å². The van der Waals surface area contributed by atoms with Gasteiger partial charge in [-0.15, -0.1) is 0 Å². The summed E-state index contributed by atoms with van der Waals surface area (Å²) in [6.07, 6.45) is 9.20. The first kappa shape index (κ1) is 40.4. The predicted molar refractivity (Wildman–Crippen MR) is 199 cm³/mol. The van der Waals surface area contributed by atoms with Gasteiger partial charge in [0.15, 0.2) is 11.4 Å². The number of pyridine rings is 2. The van der Waals surface area contributed by atoms with Gasteiger partial charge in [0.2, 0.25) is 0 Å². The minimum Gasteiger partial charge on any atom is -0.348 e. The molecule has 20 heteroatoms. The van der Waals surface area contributed by atoms with Crippen LogP contribution in [0.25, 0.3) is 33.4 Å². The van der Waals surface area contributed by atoms with Gasteiger partial charge in [0, 0.05) is 60.5 Å². The molecule has 0 spiro atoms. The van der Waals surface area contributed by atoms with Crippen LogP contribution < -0.4 is 10.6 Å². The number of carbonyl (C=O) groups excluding carboxylic acids is 2. The Hall–Kier alpha value is -5.82. The molecule has 2 aliphatic rings. The normalized spacial score (nSPS) is 20.1. The third kappa shape index (κ3) is 10.4. The van der Waals surface area contributed by atoms with Gasteiger partial charge in [-0.25, -0.2) is 19.9 Å². The van der Waals surface area contributed by atoms with Crippen LogP contribution in [0.5, 0.6) is 0 Å². The molecular formula is C38H42F6N12O2. The van der Waals surface area contributed by atoms with E-state index in [1.165, 1.54) is 0 Å². The summed E-state index contributed by atoms with van der Waals surface area (Å²) in [6.45, 7) is 0. The highest BCUT2D eigenvalue weighted by Crippen LogP contribution is 2.34. The topological polar surface area (TPSA) is 177 Å². The molecule has 8 rings (SSSR count). The number of hydrogen-bond donors (Lipinski definition) is 4. The summed E-state index contributed by atoms with van der Waals surface area (Å²) in [5, 5.41) is 21.1. The van der Waals surface area contributed by atoms with Crippen molar-refractivity contribution in [1.82, 2.24) is 60.1 Å². The fraction of sp³-hybridized carbons (Fsp3) is 0.474. The summed E-state index contributed by atoms with van der Waals surface area (Å²) in [4.78, 5) is 42.7. The molecule has 2 amide bonds. The van der Waals surface area contributed by atoms with Crippen molar-refractivity contribution in [3.05, 3.63) is 73.4 Å². The average molecular weight is 813 g/mol. The number of carbonyl (C=O) groups is 2. The number of H-pyrrole nitrogens is 2. The van der Waals surface area contributed by atoms with Gasteiger partial charge in [-0.2, -0.15) is 36.5 Å². The Kier molecular flexibility index (Phi) is 12.1. The highest BCUT2D eigenvalue weighted by molar-refractivity contribution is 6.05. The van der Waals surface area contributed by atoms with Crippen molar-refractivity contribution >= 4 is 33.6 Å². The standard InChI is InChI=1S/2C19H21F3N6O/c2*20-19(21,22)6-5-12-1-3-14(4-2-12)25-18(29)17-16-13(10-24-27-16)9-15(26-17)28-8-7-23-11-28/h2*7-12,14H,1-6H2,(H,24,27)(H,25,29). The van der Waals surface area contributed by atoms with Gasteiger partial charge < -0.3 is 10.6 Å². The van der Waals surface area contributed by atoms with Crippen molar-refractivity contribution in [2.75, 3.05) is 0 Å². The Balaban J connectivity index is 0.000000177. The molecule has 2 saturated carbocycles. The van der Waals surface area contributed by atoms with Gasteiger partial charge in [0.25, 0.3) is 11.8 Å². The van der Waals surface area contributed by atoms with Gasteiger partial charge in [-0.1, -0.05) is 0 Å². The summed E-state index contributed by atoms with van der Waals surface area (Å²) in [5.41, 5.74) is 1.57. The highest BCUT2D eigenvalue weighted by atomic mass is 19.4. The minimum atomic E-state index is -4.10. The van der Waals surface area contributed by atoms with Crippen molar-refractivity contribution in [3.63, 3.8) is 0 Å². The lowest BCUT2D eigenvalue weighted by molar-refractivity contribution is -0.139. The zero-order valence-corrected chi connectivity index (χ0v) is 31.2. The molecule has 308 valence electrons. The molecule has 6 aromatic heterocycles. The molecule has 0 unspecified atom stereocenters. The van der Waals surface area contributed by atoms with E-state index < -0.39 is 25.2 Å². The van der Waals surface area contributed by atoms with Crippen LogP contribution in [0.1, 0.15) is 98.0 Å². The molecule has 0 aliphatic heterocycles. The number of nitrogens with one attached hydrogen (secondary N) is 4. The van der Waals surface area contributed by atoms with Gasteiger partial charge in [-0.05, 0) is 88.2 Å². The van der Waals surface area contributed by atoms with Crippen LogP contribution in [0.15, 0.2) is 62.0 Å². The number of rotatable bonds is 10. The number of aromatic amines is 2. The molecule has 6 aromatic rings. The zero-order chi connectivity index (χ0) is 40.9. The molecule has 14 nitrogen and oxygen atoms in total. The highest BCUT2D eigenvalue weighted by Gasteiger charge is 2.32. The van der Waals surface area contributed by atoms with Gasteiger partial charge in [0.05, 0.1) is 23.4 Å². The Morgan fingerprint density at radius 3 is 1.38 bits per heavy atom. The van der Waals surface area contributed by atoms with Crippen LogP contribution in [0.4, 0.5) is 26.3 Å². The maximum atomic E-state index is 12.9. The zero-order valence-electron chi connectivity index (χ0n) is 31.2. The summed E-state index contributed by atoms with van der Waals surface area (Å²) < 4.78 is 77.8. The third-order valence-corrected chi connectivity index (χ3v) is 10.8. The van der Waals surface area contributed by atoms with Crippen LogP contribution in [0.2, 0.25) is 0 Å². The first-order valence-corrected chi connectivity index (χ1v) is 19.2. The minimum absolute atomic E-state index is 0.0618. The lowest BCUT2D eigenvalue weighted by atomic mass is 9.83. The lowest BCUT2D eigenvalue weighted by Crippen LogP contribution is -2.38. The molecule has 0 aromatic carbocycles. The second-order valence-corrected chi connectivity index (χ2v) is 15.0. The largest absolute Gasteiger partial charge is 0.389 e. The van der Waals surface area contributed by atoms with E-state index >= 15 is 0 Å². The first-order chi connectivity index (χ1) is 27.8. The van der Waals surface area contributed by atoms with E-state index in [1.807, 2.05) is 12.1 Å². The molecule has 0 radical (unpaired) electrons. The van der Waals surface area contributed by atoms with E-state index in [-0.39, 0.29) is 60.0 Å². The van der Waals surface area contributed by atoms with Gasteiger partial charge >= 0.3 is 12.4 Å². The Morgan fingerprint density at radius 1 is 0.638 bits per heavy atom. The van der Waals surface area contributed by atoms with Crippen molar-refractivity contribution in [3.8, 4) is 11.6 Å². The Bertz CT molecular complexity index is 2110. The molecule has 2 fully saturated rings. The molecule has 0 bridgehead atoms. The second kappa shape index (κ2) is 17.4. The maximum absolute atomic E-state index is 12.9. The van der Waals surface area contributed by atoms with Gasteiger partial charge in [-0.3, -0.25) is 28.9 Å². The molecule has 0 atom stereocenters. The lowest BCUT2D eigenvalue weighted by Gasteiger charge is -2.29. The predicted octanol–water partition coefficient (Wildman–Crippen LogP) is 7.55. The van der Waals surface area contributed by atoms with E-state index in [1.54, 1.807) is 59.0 Å². The summed E-state index contributed by atoms with van der Waals surface area (Å²) in [7, 11) is 0. The molecule has 4 N–H and O–H groups in total. The van der Waals surface area contributed by atoms with Crippen molar-refractivity contribution in [1.29, 1.82) is 0 Å². The summed E-state index contributed by atoms with van der Waals surface area (Å²) in [6, 6.07) is 3.48. The number of fused-ring (bicyclic) bond motifs is 2. The van der Waals surface area contributed by atoms with Crippen LogP contribution in [0.3, 0.4) is 0 Å². The fourth-order valence-corrected chi connectivity index (χ4v) is 7.69. The number of alkyl halides is 6. The van der Waals surface area contributed by atoms with Crippen molar-refractivity contribution in [2.24, 2.45) is 11.8 Å². The molecule has 6 heterocycles. The van der Waals surface area contributed by atoms with Crippen LogP contribution in [0, 0.1) is 11.8 Å². The number of hydrogen-bond acceptors (Lipinski definition) is 8. The average Bonchev–Trinajstić information content (AvgIpc) is 4.04. The maximum Gasteiger partial charge on any atom is 0.389 e. The SMILES string of the molecule is O=C(NC1CCC(CCC(F)(F)F)CC1)c1nc(-n2ccnc2)cc2cn[nH]c12.O=C(NC1CCC(CCC(F)(F)F)CC1)c1nc(-n2ccnc2)cc2cn[nH]c12. The van der Waals surface area contributed by atoms with Crippen LogP contribution in [-0.2, 0) is 0 Å². The first-order valence-electron chi connectivity index (χ1n) is 19.2. The molecule has 58 heavy (non-hydrogen) atoms. The third-order valence-electron chi connectivity index (χ3n) is 10.8. The smallest absolute Gasteiger partial charge is 0.348 e. The van der Waals surface area contributed by atoms with Crippen molar-refractivity contribution in [2.45, 2.75) is 101 Å². The number of aromatic nitrogens is 10. The number of amides is 2.